The van der Waals surface area contributed by atoms with Crippen LogP contribution in [0.25, 0.3) is 11.1 Å². The average Bonchev–Trinajstić information content (AvgIpc) is 2.66. The molecule has 0 saturated carbocycles. The SMILES string of the molecule is CC(=N)N1C(=N)CCc2cc(-c3cncc(C(C)(C)C(=O)N(C)C)c3)ccc21. The lowest BCUT2D eigenvalue weighted by molar-refractivity contribution is -0.133. The lowest BCUT2D eigenvalue weighted by Crippen LogP contribution is -2.39. The van der Waals surface area contributed by atoms with Gasteiger partial charge in [-0.1, -0.05) is 6.07 Å². The van der Waals surface area contributed by atoms with Crippen LogP contribution in [0.15, 0.2) is 36.7 Å². The van der Waals surface area contributed by atoms with E-state index in [1.807, 2.05) is 38.2 Å². The van der Waals surface area contributed by atoms with Crippen LogP contribution in [0.5, 0.6) is 0 Å². The maximum atomic E-state index is 12.6. The Bertz CT molecular complexity index is 961. The minimum atomic E-state index is -0.663. The van der Waals surface area contributed by atoms with Crippen LogP contribution >= 0.6 is 0 Å². The lowest BCUT2D eigenvalue weighted by Gasteiger charge is -2.31. The van der Waals surface area contributed by atoms with Crippen molar-refractivity contribution in [3.63, 3.8) is 0 Å². The largest absolute Gasteiger partial charge is 0.348 e. The first-order chi connectivity index (χ1) is 13.1. The Morgan fingerprint density at radius 1 is 1.14 bits per heavy atom. The van der Waals surface area contributed by atoms with Gasteiger partial charge in [0.05, 0.1) is 11.1 Å². The number of carbonyl (C=O) groups excluding carboxylic acids is 1. The van der Waals surface area contributed by atoms with E-state index >= 15 is 0 Å². The third kappa shape index (κ3) is 3.42. The first-order valence-electron chi connectivity index (χ1n) is 9.36. The maximum absolute atomic E-state index is 12.6. The number of amidine groups is 2. The molecule has 0 spiro atoms. The quantitative estimate of drug-likeness (QED) is 0.629. The normalized spacial score (nSPS) is 13.9. The number of rotatable bonds is 3. The minimum absolute atomic E-state index is 0.0347. The van der Waals surface area contributed by atoms with E-state index in [1.54, 1.807) is 37.0 Å². The molecular formula is C22H27N5O. The van der Waals surface area contributed by atoms with Gasteiger partial charge in [-0.15, -0.1) is 0 Å². The topological polar surface area (TPSA) is 84.1 Å². The summed E-state index contributed by atoms with van der Waals surface area (Å²) in [6.07, 6.45) is 4.97. The van der Waals surface area contributed by atoms with E-state index in [0.717, 1.165) is 34.4 Å². The van der Waals surface area contributed by atoms with Crippen molar-refractivity contribution in [3.05, 3.63) is 47.8 Å². The van der Waals surface area contributed by atoms with Crippen molar-refractivity contribution < 1.29 is 4.79 Å². The second kappa shape index (κ2) is 7.19. The van der Waals surface area contributed by atoms with Crippen LogP contribution in [0.2, 0.25) is 0 Å². The zero-order chi connectivity index (χ0) is 20.6. The first-order valence-corrected chi connectivity index (χ1v) is 9.36. The summed E-state index contributed by atoms with van der Waals surface area (Å²) in [6, 6.07) is 8.11. The van der Waals surface area contributed by atoms with E-state index in [2.05, 4.69) is 11.1 Å². The molecule has 1 aromatic carbocycles. The number of hydrogen-bond acceptors (Lipinski definition) is 4. The van der Waals surface area contributed by atoms with Gasteiger partial charge in [-0.2, -0.15) is 0 Å². The summed E-state index contributed by atoms with van der Waals surface area (Å²) in [5, 5.41) is 16.1. The Kier molecular flexibility index (Phi) is 5.06. The fraction of sp³-hybridized carbons (Fsp3) is 0.364. The zero-order valence-electron chi connectivity index (χ0n) is 17.1. The standard InChI is InChI=1S/C22H27N5O/c1-14(23)27-19-8-6-15(10-16(19)7-9-20(27)24)17-11-18(13-25-12-17)22(2,3)21(28)26(4)5/h6,8,10-13,23-24H,7,9H2,1-5H3. The molecule has 3 rings (SSSR count). The van der Waals surface area contributed by atoms with E-state index in [9.17, 15) is 4.79 Å². The molecule has 1 amide bonds. The van der Waals surface area contributed by atoms with Crippen LogP contribution in [0.4, 0.5) is 5.69 Å². The van der Waals surface area contributed by atoms with Crippen molar-refractivity contribution in [1.29, 1.82) is 10.8 Å². The van der Waals surface area contributed by atoms with Crippen LogP contribution in [0.3, 0.4) is 0 Å². The molecule has 28 heavy (non-hydrogen) atoms. The number of aryl methyl sites for hydroxylation is 1. The van der Waals surface area contributed by atoms with Crippen LogP contribution in [-0.2, 0) is 16.6 Å². The van der Waals surface area contributed by atoms with Crippen molar-refractivity contribution in [2.24, 2.45) is 0 Å². The van der Waals surface area contributed by atoms with E-state index in [-0.39, 0.29) is 5.91 Å². The predicted molar refractivity (Wildman–Crippen MR) is 113 cm³/mol. The Hall–Kier alpha value is -3.02. The van der Waals surface area contributed by atoms with Gasteiger partial charge < -0.3 is 4.90 Å². The number of anilines is 1. The third-order valence-corrected chi connectivity index (χ3v) is 5.29. The van der Waals surface area contributed by atoms with Gasteiger partial charge in [0.25, 0.3) is 0 Å². The second-order valence-corrected chi connectivity index (χ2v) is 8.00. The Morgan fingerprint density at radius 3 is 2.50 bits per heavy atom. The molecule has 146 valence electrons. The predicted octanol–water partition coefficient (Wildman–Crippen LogP) is 3.84. The molecule has 2 heterocycles. The summed E-state index contributed by atoms with van der Waals surface area (Å²) < 4.78 is 0. The van der Waals surface area contributed by atoms with Gasteiger partial charge in [0.1, 0.15) is 11.7 Å². The summed E-state index contributed by atoms with van der Waals surface area (Å²) >= 11 is 0. The number of nitrogens with one attached hydrogen (secondary N) is 2. The summed E-state index contributed by atoms with van der Waals surface area (Å²) in [5.74, 6) is 0.846. The highest BCUT2D eigenvalue weighted by molar-refractivity contribution is 6.17. The molecule has 0 radical (unpaired) electrons. The van der Waals surface area contributed by atoms with Gasteiger partial charge in [-0.3, -0.25) is 25.5 Å². The minimum Gasteiger partial charge on any atom is -0.348 e. The van der Waals surface area contributed by atoms with Crippen LogP contribution < -0.4 is 4.90 Å². The molecule has 1 aromatic heterocycles. The molecule has 2 aromatic rings. The van der Waals surface area contributed by atoms with Gasteiger partial charge >= 0.3 is 0 Å². The fourth-order valence-electron chi connectivity index (χ4n) is 3.70. The Morgan fingerprint density at radius 2 is 1.86 bits per heavy atom. The van der Waals surface area contributed by atoms with Gasteiger partial charge in [0, 0.05) is 38.5 Å². The van der Waals surface area contributed by atoms with Gasteiger partial charge in [0.2, 0.25) is 5.91 Å². The summed E-state index contributed by atoms with van der Waals surface area (Å²) in [6.45, 7) is 5.54. The van der Waals surface area contributed by atoms with E-state index in [0.29, 0.717) is 18.1 Å². The maximum Gasteiger partial charge on any atom is 0.232 e. The van der Waals surface area contributed by atoms with Crippen molar-refractivity contribution in [2.45, 2.75) is 39.0 Å². The highest BCUT2D eigenvalue weighted by atomic mass is 16.2. The molecule has 0 fully saturated rings. The van der Waals surface area contributed by atoms with Crippen LogP contribution in [0.1, 0.15) is 38.3 Å². The van der Waals surface area contributed by atoms with Crippen molar-refractivity contribution in [1.82, 2.24) is 9.88 Å². The highest BCUT2D eigenvalue weighted by Gasteiger charge is 2.32. The Labute approximate surface area is 166 Å². The van der Waals surface area contributed by atoms with Crippen molar-refractivity contribution in [2.75, 3.05) is 19.0 Å². The van der Waals surface area contributed by atoms with Gasteiger partial charge in [-0.05, 0) is 62.1 Å². The lowest BCUT2D eigenvalue weighted by atomic mass is 9.83. The third-order valence-electron chi connectivity index (χ3n) is 5.29. The molecule has 6 heteroatoms. The van der Waals surface area contributed by atoms with Gasteiger partial charge in [0.15, 0.2) is 0 Å². The molecule has 0 bridgehead atoms. The molecule has 1 aliphatic rings. The van der Waals surface area contributed by atoms with Crippen LogP contribution in [-0.4, -0.2) is 41.6 Å². The number of benzene rings is 1. The van der Waals surface area contributed by atoms with Crippen LogP contribution in [0, 0.1) is 10.8 Å². The fourth-order valence-corrected chi connectivity index (χ4v) is 3.70. The zero-order valence-corrected chi connectivity index (χ0v) is 17.1. The van der Waals surface area contributed by atoms with E-state index < -0.39 is 5.41 Å². The summed E-state index contributed by atoms with van der Waals surface area (Å²) in [5.41, 5.74) is 4.22. The summed E-state index contributed by atoms with van der Waals surface area (Å²) in [4.78, 5) is 20.3. The molecule has 6 nitrogen and oxygen atoms in total. The molecule has 1 aliphatic heterocycles. The molecule has 0 aliphatic carbocycles. The second-order valence-electron chi connectivity index (χ2n) is 8.00. The monoisotopic (exact) mass is 377 g/mol. The number of nitrogens with zero attached hydrogens (tertiary/aromatic N) is 3. The van der Waals surface area contributed by atoms with Crippen molar-refractivity contribution in [3.8, 4) is 11.1 Å². The molecule has 0 atom stereocenters. The average molecular weight is 377 g/mol. The van der Waals surface area contributed by atoms with Crippen molar-refractivity contribution >= 4 is 23.3 Å². The number of aromatic nitrogens is 1. The number of fused-ring (bicyclic) bond motifs is 1. The van der Waals surface area contributed by atoms with E-state index in [4.69, 9.17) is 10.8 Å². The number of likely N-dealkylation sites (N-methyl/N-ethyl adjacent to an activating group) is 1. The number of hydrogen-bond donors (Lipinski definition) is 2. The molecule has 0 unspecified atom stereocenters. The molecule has 0 saturated heterocycles. The van der Waals surface area contributed by atoms with E-state index in [1.165, 1.54) is 0 Å². The number of carbonyl (C=O) groups is 1. The highest BCUT2D eigenvalue weighted by Crippen LogP contribution is 2.34. The smallest absolute Gasteiger partial charge is 0.232 e. The first kappa shape index (κ1) is 19.7. The van der Waals surface area contributed by atoms with Gasteiger partial charge in [-0.25, -0.2) is 0 Å². The number of amides is 1. The Balaban J connectivity index is 2.01. The molecule has 2 N–H and O–H groups in total. The summed E-state index contributed by atoms with van der Waals surface area (Å²) in [7, 11) is 3.53. The molecular weight excluding hydrogens is 350 g/mol. The number of pyridine rings is 1.